The average molecular weight is 255 g/mol. The van der Waals surface area contributed by atoms with E-state index in [4.69, 9.17) is 9.84 Å². The number of hydrogen-bond donors (Lipinski definition) is 2. The molecule has 5 nitrogen and oxygen atoms in total. The summed E-state index contributed by atoms with van der Waals surface area (Å²) in [4.78, 5) is 22.2. The Balaban J connectivity index is 4.68. The first kappa shape index (κ1) is 16.2. The third-order valence-electron chi connectivity index (χ3n) is 1.99. The molecule has 0 heterocycles. The molecule has 0 saturated heterocycles. The third-order valence-corrected chi connectivity index (χ3v) is 1.99. The number of carboxylic acid groups (broad SMARTS) is 1. The molecule has 0 aliphatic heterocycles. The molecule has 102 valence electrons. The highest BCUT2D eigenvalue weighted by atomic mass is 16.6. The van der Waals surface area contributed by atoms with Crippen LogP contribution in [0, 0.1) is 0 Å². The molecule has 0 aromatic carbocycles. The van der Waals surface area contributed by atoms with Crippen LogP contribution in [0.2, 0.25) is 0 Å². The molecule has 0 aromatic rings. The van der Waals surface area contributed by atoms with Gasteiger partial charge in [0.15, 0.2) is 0 Å². The minimum atomic E-state index is -1.05. The van der Waals surface area contributed by atoms with Crippen LogP contribution in [0.1, 0.15) is 34.1 Å². The van der Waals surface area contributed by atoms with E-state index in [1.165, 1.54) is 0 Å². The second-order valence-electron chi connectivity index (χ2n) is 4.95. The van der Waals surface area contributed by atoms with E-state index in [0.717, 1.165) is 6.08 Å². The zero-order valence-electron chi connectivity index (χ0n) is 11.3. The number of carbonyl (C=O) groups is 2. The van der Waals surface area contributed by atoms with E-state index in [2.05, 4.69) is 11.9 Å². The van der Waals surface area contributed by atoms with Gasteiger partial charge in [-0.25, -0.2) is 9.59 Å². The summed E-state index contributed by atoms with van der Waals surface area (Å²) in [7, 11) is 0. The van der Waals surface area contributed by atoms with Crippen molar-refractivity contribution in [3.05, 3.63) is 24.3 Å². The van der Waals surface area contributed by atoms with Gasteiger partial charge >= 0.3 is 12.1 Å². The van der Waals surface area contributed by atoms with Crippen LogP contribution in [0.3, 0.4) is 0 Å². The highest BCUT2D eigenvalue weighted by molar-refractivity contribution is 5.81. The maximum absolute atomic E-state index is 11.6. The highest BCUT2D eigenvalue weighted by Gasteiger charge is 2.19. The van der Waals surface area contributed by atoms with Gasteiger partial charge < -0.3 is 15.2 Å². The van der Waals surface area contributed by atoms with Gasteiger partial charge in [-0.1, -0.05) is 6.08 Å². The van der Waals surface area contributed by atoms with Crippen molar-refractivity contribution in [2.24, 2.45) is 0 Å². The fourth-order valence-electron chi connectivity index (χ4n) is 1.27. The number of nitrogens with one attached hydrogen (secondary N) is 1. The molecule has 18 heavy (non-hydrogen) atoms. The highest BCUT2D eigenvalue weighted by Crippen LogP contribution is 2.10. The topological polar surface area (TPSA) is 75.6 Å². The van der Waals surface area contributed by atoms with Crippen molar-refractivity contribution in [2.75, 3.05) is 0 Å². The van der Waals surface area contributed by atoms with Crippen LogP contribution in [-0.2, 0) is 9.53 Å². The Kier molecular flexibility index (Phi) is 6.16. The van der Waals surface area contributed by atoms with Gasteiger partial charge in [0.05, 0.1) is 6.04 Å². The second kappa shape index (κ2) is 6.83. The van der Waals surface area contributed by atoms with Crippen LogP contribution < -0.4 is 5.32 Å². The summed E-state index contributed by atoms with van der Waals surface area (Å²) in [5, 5.41) is 11.3. The third kappa shape index (κ3) is 7.49. The Bertz CT molecular complexity index is 352. The molecule has 0 unspecified atom stereocenters. The fourth-order valence-corrected chi connectivity index (χ4v) is 1.27. The number of amides is 1. The average Bonchev–Trinajstić information content (AvgIpc) is 2.12. The Morgan fingerprint density at radius 1 is 1.44 bits per heavy atom. The van der Waals surface area contributed by atoms with Crippen LogP contribution in [-0.4, -0.2) is 28.8 Å². The Labute approximate surface area is 108 Å². The van der Waals surface area contributed by atoms with E-state index in [1.807, 2.05) is 0 Å². The first-order valence-corrected chi connectivity index (χ1v) is 5.67. The quantitative estimate of drug-likeness (QED) is 0.584. The molecule has 0 aliphatic rings. The predicted molar refractivity (Wildman–Crippen MR) is 69.4 cm³/mol. The van der Waals surface area contributed by atoms with Gasteiger partial charge in [0.1, 0.15) is 5.60 Å². The Morgan fingerprint density at radius 3 is 2.39 bits per heavy atom. The van der Waals surface area contributed by atoms with E-state index in [0.29, 0.717) is 12.0 Å². The predicted octanol–water partition coefficient (Wildman–Crippen LogP) is 2.49. The summed E-state index contributed by atoms with van der Waals surface area (Å²) in [6.07, 6.45) is 2.54. The lowest BCUT2D eigenvalue weighted by molar-refractivity contribution is -0.131. The van der Waals surface area contributed by atoms with Crippen molar-refractivity contribution in [1.29, 1.82) is 0 Å². The number of ether oxygens (including phenoxy) is 1. The molecule has 0 aliphatic carbocycles. The van der Waals surface area contributed by atoms with Crippen molar-refractivity contribution in [3.63, 3.8) is 0 Å². The molecule has 0 rings (SSSR count). The van der Waals surface area contributed by atoms with Crippen molar-refractivity contribution in [3.8, 4) is 0 Å². The lowest BCUT2D eigenvalue weighted by atomic mass is 10.1. The van der Waals surface area contributed by atoms with E-state index in [1.54, 1.807) is 33.8 Å². The number of carboxylic acids is 1. The lowest BCUT2D eigenvalue weighted by Crippen LogP contribution is -2.39. The van der Waals surface area contributed by atoms with Gasteiger partial charge in [-0.3, -0.25) is 0 Å². The number of rotatable bonds is 5. The monoisotopic (exact) mass is 255 g/mol. The van der Waals surface area contributed by atoms with Gasteiger partial charge in [-0.05, 0) is 39.7 Å². The van der Waals surface area contributed by atoms with Crippen LogP contribution in [0.5, 0.6) is 0 Å². The van der Waals surface area contributed by atoms with Gasteiger partial charge in [0.2, 0.25) is 0 Å². The van der Waals surface area contributed by atoms with E-state index in [9.17, 15) is 9.59 Å². The molecule has 0 aromatic heterocycles. The minimum Gasteiger partial charge on any atom is -0.478 e. The number of alkyl carbamates (subject to hydrolysis) is 1. The van der Waals surface area contributed by atoms with Crippen LogP contribution >= 0.6 is 0 Å². The molecule has 0 saturated carbocycles. The van der Waals surface area contributed by atoms with Crippen LogP contribution in [0.15, 0.2) is 24.3 Å². The first-order valence-electron chi connectivity index (χ1n) is 5.67. The molecule has 0 fully saturated rings. The molecule has 1 amide bonds. The molecule has 5 heteroatoms. The zero-order chi connectivity index (χ0) is 14.3. The van der Waals surface area contributed by atoms with Gasteiger partial charge in [-0.15, -0.1) is 6.58 Å². The molecule has 1 atom stereocenters. The second-order valence-corrected chi connectivity index (χ2v) is 4.95. The normalized spacial score (nSPS) is 13.7. The van der Waals surface area contributed by atoms with E-state index < -0.39 is 23.7 Å². The van der Waals surface area contributed by atoms with Crippen molar-refractivity contribution in [1.82, 2.24) is 5.32 Å². The van der Waals surface area contributed by atoms with Crippen LogP contribution in [0.4, 0.5) is 4.79 Å². The molecule has 0 radical (unpaired) electrons. The van der Waals surface area contributed by atoms with Crippen molar-refractivity contribution < 1.29 is 19.4 Å². The smallest absolute Gasteiger partial charge is 0.408 e. The summed E-state index contributed by atoms with van der Waals surface area (Å²) in [5.41, 5.74) is -0.0546. The van der Waals surface area contributed by atoms with Gasteiger partial charge in [-0.2, -0.15) is 0 Å². The lowest BCUT2D eigenvalue weighted by Gasteiger charge is -2.23. The summed E-state index contributed by atoms with van der Waals surface area (Å²) in [6, 6.07) is -0.423. The molecular weight excluding hydrogens is 234 g/mol. The first-order chi connectivity index (χ1) is 8.15. The summed E-state index contributed by atoms with van der Waals surface area (Å²) in [6.45, 7) is 10.5. The van der Waals surface area contributed by atoms with Crippen molar-refractivity contribution >= 4 is 12.1 Å². The standard InChI is InChI=1S/C13H21NO4/c1-6-7-10(9(2)8-11(15)16)14-12(17)18-13(3,4)5/h6,8,10H,1,7H2,2-5H3,(H,14,17)(H,15,16)/b9-8+/t10-/m0/s1. The molecular formula is C13H21NO4. The minimum absolute atomic E-state index is 0.423. The Hall–Kier alpha value is -1.78. The van der Waals surface area contributed by atoms with Crippen LogP contribution in [0.25, 0.3) is 0 Å². The van der Waals surface area contributed by atoms with Gasteiger partial charge in [0.25, 0.3) is 0 Å². The number of aliphatic carboxylic acids is 1. The summed E-state index contributed by atoms with van der Waals surface area (Å²) >= 11 is 0. The molecule has 2 N–H and O–H groups in total. The van der Waals surface area contributed by atoms with E-state index in [-0.39, 0.29) is 0 Å². The summed E-state index contributed by atoms with van der Waals surface area (Å²) in [5.74, 6) is -1.05. The van der Waals surface area contributed by atoms with Gasteiger partial charge in [0, 0.05) is 6.08 Å². The Morgan fingerprint density at radius 2 is 2.00 bits per heavy atom. The largest absolute Gasteiger partial charge is 0.478 e. The van der Waals surface area contributed by atoms with Crippen molar-refractivity contribution in [2.45, 2.75) is 45.8 Å². The molecule has 0 spiro atoms. The maximum Gasteiger partial charge on any atom is 0.408 e. The number of hydrogen-bond acceptors (Lipinski definition) is 3. The molecule has 0 bridgehead atoms. The zero-order valence-corrected chi connectivity index (χ0v) is 11.3. The fraction of sp³-hybridized carbons (Fsp3) is 0.538. The summed E-state index contributed by atoms with van der Waals surface area (Å²) < 4.78 is 5.11. The van der Waals surface area contributed by atoms with E-state index >= 15 is 0 Å². The number of carbonyl (C=O) groups excluding carboxylic acids is 1. The maximum atomic E-state index is 11.6. The SMILES string of the molecule is C=CC[C@H](NC(=O)OC(C)(C)C)/C(C)=C/C(=O)O.